The van der Waals surface area contributed by atoms with Crippen molar-refractivity contribution < 1.29 is 41.6 Å². The quantitative estimate of drug-likeness (QED) is 0.215. The average molecular weight is 561 g/mol. The molecule has 1 fully saturated rings. The summed E-state index contributed by atoms with van der Waals surface area (Å²) < 4.78 is 49.9. The number of ether oxygens (including phenoxy) is 1. The van der Waals surface area contributed by atoms with E-state index in [9.17, 15) is 37.7 Å². The lowest BCUT2D eigenvalue weighted by Gasteiger charge is -2.16. The second kappa shape index (κ2) is 10.6. The normalized spacial score (nSPS) is 14.7. The zero-order valence-electron chi connectivity index (χ0n) is 20.2. The Labute approximate surface area is 222 Å². The Balaban J connectivity index is 1.49. The number of aryl methyl sites for hydroxylation is 1. The third kappa shape index (κ3) is 5.95. The lowest BCUT2D eigenvalue weighted by Crippen LogP contribution is -2.36. The molecule has 0 radical (unpaired) electrons. The van der Waals surface area contributed by atoms with Crippen molar-refractivity contribution in [1.29, 1.82) is 0 Å². The first-order chi connectivity index (χ1) is 18.4. The van der Waals surface area contributed by atoms with E-state index in [1.807, 2.05) is 0 Å². The summed E-state index contributed by atoms with van der Waals surface area (Å²) in [6.07, 6.45) is -3.38. The Morgan fingerprint density at radius 2 is 1.92 bits per heavy atom. The molecule has 0 saturated carbocycles. The van der Waals surface area contributed by atoms with E-state index in [-0.39, 0.29) is 27.8 Å². The van der Waals surface area contributed by atoms with Crippen LogP contribution in [0, 0.1) is 17.0 Å². The maximum Gasteiger partial charge on any atom is 0.416 e. The van der Waals surface area contributed by atoms with Gasteiger partial charge in [-0.05, 0) is 54.6 Å². The van der Waals surface area contributed by atoms with Gasteiger partial charge in [-0.15, -0.1) is 0 Å². The largest absolute Gasteiger partial charge is 0.495 e. The highest BCUT2D eigenvalue weighted by Gasteiger charge is 2.37. The first-order valence-electron chi connectivity index (χ1n) is 11.0. The van der Waals surface area contributed by atoms with Crippen molar-refractivity contribution in [2.24, 2.45) is 0 Å². The molecule has 3 amide bonds. The van der Waals surface area contributed by atoms with Crippen LogP contribution in [0.3, 0.4) is 0 Å². The van der Waals surface area contributed by atoms with Gasteiger partial charge in [0.1, 0.15) is 23.8 Å². The van der Waals surface area contributed by atoms with Crippen LogP contribution in [0.4, 0.5) is 29.3 Å². The van der Waals surface area contributed by atoms with Crippen molar-refractivity contribution in [3.05, 3.63) is 80.4 Å². The number of carbonyl (C=O) groups excluding carboxylic acids is 3. The van der Waals surface area contributed by atoms with E-state index in [1.165, 1.54) is 31.4 Å². The molecule has 2 heterocycles. The molecule has 4 rings (SSSR count). The van der Waals surface area contributed by atoms with Crippen LogP contribution in [0.2, 0.25) is 0 Å². The van der Waals surface area contributed by atoms with Crippen LogP contribution in [-0.2, 0) is 15.8 Å². The maximum absolute atomic E-state index is 13.1. The van der Waals surface area contributed by atoms with E-state index >= 15 is 0 Å². The van der Waals surface area contributed by atoms with Crippen molar-refractivity contribution in [1.82, 2.24) is 4.90 Å². The summed E-state index contributed by atoms with van der Waals surface area (Å²) >= 11 is 0.549. The SMILES string of the molecule is COc1ccc(C(F)(F)F)cc1NC(=O)CN1C(=O)S/C(=C\c2ccc(-c3cc([N+](=O)[O-])ccc3C)o2)C1=O. The zero-order chi connectivity index (χ0) is 28.5. The minimum atomic E-state index is -4.66. The smallest absolute Gasteiger partial charge is 0.416 e. The van der Waals surface area contributed by atoms with E-state index in [2.05, 4.69) is 5.32 Å². The molecule has 1 saturated heterocycles. The third-order valence-corrected chi connectivity index (χ3v) is 6.48. The number of amides is 3. The molecule has 2 aromatic carbocycles. The summed E-state index contributed by atoms with van der Waals surface area (Å²) in [4.78, 5) is 48.9. The molecule has 1 aromatic heterocycles. The van der Waals surface area contributed by atoms with Gasteiger partial charge in [-0.25, -0.2) is 0 Å². The number of furan rings is 1. The molecular formula is C25H18F3N3O7S. The van der Waals surface area contributed by atoms with Crippen molar-refractivity contribution in [3.8, 4) is 17.1 Å². The van der Waals surface area contributed by atoms with Crippen LogP contribution in [0.1, 0.15) is 16.9 Å². The van der Waals surface area contributed by atoms with Gasteiger partial charge >= 0.3 is 6.18 Å². The number of carbonyl (C=O) groups is 3. The highest BCUT2D eigenvalue weighted by Crippen LogP contribution is 2.36. The Hall–Kier alpha value is -4.59. The number of rotatable bonds is 7. The summed E-state index contributed by atoms with van der Waals surface area (Å²) in [5.41, 5.74) is -0.246. The monoisotopic (exact) mass is 561 g/mol. The van der Waals surface area contributed by atoms with Crippen LogP contribution in [-0.4, -0.2) is 40.5 Å². The standard InChI is InChI=1S/C25H18F3N3O7S/c1-13-3-5-15(31(35)36)10-17(13)19-8-6-16(38-19)11-21-23(33)30(24(34)39-21)12-22(32)29-18-9-14(25(26,27)28)4-7-20(18)37-2/h3-11H,12H2,1-2H3,(H,29,32)/b21-11-. The molecular weight excluding hydrogens is 543 g/mol. The third-order valence-electron chi connectivity index (χ3n) is 5.57. The molecule has 0 bridgehead atoms. The highest BCUT2D eigenvalue weighted by atomic mass is 32.2. The number of nitrogens with zero attached hydrogens (tertiary/aromatic N) is 2. The Morgan fingerprint density at radius 1 is 1.18 bits per heavy atom. The Kier molecular flexibility index (Phi) is 7.49. The summed E-state index contributed by atoms with van der Waals surface area (Å²) in [7, 11) is 1.21. The molecule has 0 atom stereocenters. The molecule has 1 aliphatic rings. The number of benzene rings is 2. The molecule has 3 aromatic rings. The fourth-order valence-corrected chi connectivity index (χ4v) is 4.46. The number of nitro benzene ring substituents is 1. The van der Waals surface area contributed by atoms with Crippen molar-refractivity contribution in [3.63, 3.8) is 0 Å². The van der Waals surface area contributed by atoms with E-state index in [4.69, 9.17) is 9.15 Å². The Morgan fingerprint density at radius 3 is 2.59 bits per heavy atom. The molecule has 10 nitrogen and oxygen atoms in total. The number of alkyl halides is 3. The number of thioether (sulfide) groups is 1. The summed E-state index contributed by atoms with van der Waals surface area (Å²) in [5, 5.41) is 12.6. The summed E-state index contributed by atoms with van der Waals surface area (Å²) in [5.74, 6) is -1.29. The van der Waals surface area contributed by atoms with Gasteiger partial charge in [0.05, 0.1) is 28.2 Å². The highest BCUT2D eigenvalue weighted by molar-refractivity contribution is 8.18. The van der Waals surface area contributed by atoms with Crippen LogP contribution < -0.4 is 10.1 Å². The van der Waals surface area contributed by atoms with Crippen LogP contribution in [0.25, 0.3) is 17.4 Å². The molecule has 0 unspecified atom stereocenters. The number of imide groups is 1. The number of nitro groups is 1. The van der Waals surface area contributed by atoms with E-state index in [1.54, 1.807) is 19.1 Å². The first kappa shape index (κ1) is 27.4. The molecule has 0 spiro atoms. The molecule has 39 heavy (non-hydrogen) atoms. The van der Waals surface area contributed by atoms with Crippen LogP contribution >= 0.6 is 11.8 Å². The molecule has 1 aliphatic heterocycles. The average Bonchev–Trinajstić information content (AvgIpc) is 3.43. The molecule has 0 aliphatic carbocycles. The lowest BCUT2D eigenvalue weighted by molar-refractivity contribution is -0.384. The van der Waals surface area contributed by atoms with Gasteiger partial charge in [0.2, 0.25) is 5.91 Å². The van der Waals surface area contributed by atoms with Gasteiger partial charge in [0.25, 0.3) is 16.8 Å². The molecule has 1 N–H and O–H groups in total. The minimum Gasteiger partial charge on any atom is -0.495 e. The zero-order valence-corrected chi connectivity index (χ0v) is 21.0. The number of non-ortho nitro benzene ring substituents is 1. The topological polar surface area (TPSA) is 132 Å². The predicted octanol–water partition coefficient (Wildman–Crippen LogP) is 5.87. The number of hydrogen-bond acceptors (Lipinski definition) is 8. The second-order valence-electron chi connectivity index (χ2n) is 8.19. The predicted molar refractivity (Wildman–Crippen MR) is 135 cm³/mol. The van der Waals surface area contributed by atoms with Crippen LogP contribution in [0.15, 0.2) is 57.9 Å². The molecule has 14 heteroatoms. The summed E-state index contributed by atoms with van der Waals surface area (Å²) in [6.45, 7) is 0.990. The second-order valence-corrected chi connectivity index (χ2v) is 9.18. The van der Waals surface area contributed by atoms with E-state index in [0.717, 1.165) is 12.1 Å². The van der Waals surface area contributed by atoms with Gasteiger partial charge in [-0.3, -0.25) is 29.4 Å². The van der Waals surface area contributed by atoms with Gasteiger partial charge in [0.15, 0.2) is 0 Å². The fraction of sp³-hybridized carbons (Fsp3) is 0.160. The van der Waals surface area contributed by atoms with Gasteiger partial charge in [-0.2, -0.15) is 13.2 Å². The van der Waals surface area contributed by atoms with E-state index in [0.29, 0.717) is 39.6 Å². The maximum atomic E-state index is 13.1. The number of hydrogen-bond donors (Lipinski definition) is 1. The van der Waals surface area contributed by atoms with Crippen molar-refractivity contribution in [2.75, 3.05) is 19.0 Å². The number of nitrogens with one attached hydrogen (secondary N) is 1. The molecule has 202 valence electrons. The first-order valence-corrected chi connectivity index (χ1v) is 11.8. The Bertz CT molecular complexity index is 1530. The number of methoxy groups -OCH3 is 1. The van der Waals surface area contributed by atoms with Crippen LogP contribution in [0.5, 0.6) is 5.75 Å². The number of anilines is 1. The van der Waals surface area contributed by atoms with Gasteiger partial charge in [-0.1, -0.05) is 6.07 Å². The van der Waals surface area contributed by atoms with Gasteiger partial charge < -0.3 is 14.5 Å². The fourth-order valence-electron chi connectivity index (χ4n) is 3.65. The van der Waals surface area contributed by atoms with Gasteiger partial charge in [0, 0.05) is 23.8 Å². The summed E-state index contributed by atoms with van der Waals surface area (Å²) in [6, 6.07) is 9.85. The minimum absolute atomic E-state index is 0.0435. The van der Waals surface area contributed by atoms with Crippen molar-refractivity contribution >= 4 is 46.3 Å². The lowest BCUT2D eigenvalue weighted by atomic mass is 10.1. The number of halogens is 3. The van der Waals surface area contributed by atoms with E-state index < -0.39 is 40.3 Å². The van der Waals surface area contributed by atoms with Crippen molar-refractivity contribution in [2.45, 2.75) is 13.1 Å².